The third kappa shape index (κ3) is 4.40. The summed E-state index contributed by atoms with van der Waals surface area (Å²) in [4.78, 5) is 0.173. The molecule has 3 rings (SSSR count). The van der Waals surface area contributed by atoms with Crippen LogP contribution in [0, 0.1) is 5.92 Å². The molecule has 0 aliphatic carbocycles. The van der Waals surface area contributed by atoms with E-state index in [1.54, 1.807) is 24.3 Å². The van der Waals surface area contributed by atoms with E-state index in [4.69, 9.17) is 0 Å². The molecule has 1 atom stereocenters. The number of hydrogen-bond acceptors (Lipinski definition) is 5. The molecule has 2 aromatic carbocycles. The minimum absolute atomic E-state index is 0.0925. The minimum Gasteiger partial charge on any atom is -0.207 e. The van der Waals surface area contributed by atoms with Crippen molar-refractivity contribution in [2.45, 2.75) is 38.1 Å². The van der Waals surface area contributed by atoms with Gasteiger partial charge in [0.15, 0.2) is 0 Å². The van der Waals surface area contributed by atoms with Gasteiger partial charge in [0.25, 0.3) is 0 Å². The van der Waals surface area contributed by atoms with Gasteiger partial charge in [0, 0.05) is 6.04 Å². The van der Waals surface area contributed by atoms with Crippen molar-refractivity contribution in [2.24, 2.45) is 5.92 Å². The number of nitrogens with one attached hydrogen (secondary N) is 1. The van der Waals surface area contributed by atoms with E-state index in [1.165, 1.54) is 16.6 Å². The lowest BCUT2D eigenvalue weighted by atomic mass is 9.96. The lowest BCUT2D eigenvalue weighted by Gasteiger charge is -2.23. The topological polar surface area (TPSA) is 89.8 Å². The Morgan fingerprint density at radius 2 is 1.85 bits per heavy atom. The fraction of sp³-hybridized carbons (Fsp3) is 0.316. The maximum absolute atomic E-state index is 13.0. The largest absolute Gasteiger partial charge is 0.241 e. The fourth-order valence-corrected chi connectivity index (χ4v) is 4.27. The van der Waals surface area contributed by atoms with Crippen LogP contribution in [-0.4, -0.2) is 28.6 Å². The molecule has 8 heteroatoms. The smallest absolute Gasteiger partial charge is 0.207 e. The number of tetrazole rings is 1. The van der Waals surface area contributed by atoms with Crippen molar-refractivity contribution in [3.05, 3.63) is 66.0 Å². The lowest BCUT2D eigenvalue weighted by molar-refractivity contribution is 0.463. The first kappa shape index (κ1) is 19.2. The minimum atomic E-state index is -3.71. The van der Waals surface area contributed by atoms with Crippen LogP contribution in [0.5, 0.6) is 0 Å². The SMILES string of the molecule is CCc1ccc([C@H](NS(=O)(=O)c2cccc(-n3cnnn3)c2)C(C)C)cc1. The Balaban J connectivity index is 1.90. The van der Waals surface area contributed by atoms with E-state index in [1.807, 2.05) is 38.1 Å². The molecule has 0 saturated heterocycles. The van der Waals surface area contributed by atoms with E-state index >= 15 is 0 Å². The quantitative estimate of drug-likeness (QED) is 0.675. The van der Waals surface area contributed by atoms with Crippen LogP contribution in [0.25, 0.3) is 5.69 Å². The predicted octanol–water partition coefficient (Wildman–Crippen LogP) is 2.90. The molecule has 0 bridgehead atoms. The molecule has 1 N–H and O–H groups in total. The Morgan fingerprint density at radius 1 is 1.11 bits per heavy atom. The number of benzene rings is 2. The van der Waals surface area contributed by atoms with E-state index in [-0.39, 0.29) is 16.9 Å². The zero-order chi connectivity index (χ0) is 19.4. The van der Waals surface area contributed by atoms with Gasteiger partial charge in [-0.05, 0) is 52.1 Å². The van der Waals surface area contributed by atoms with Crippen LogP contribution in [-0.2, 0) is 16.4 Å². The monoisotopic (exact) mass is 385 g/mol. The van der Waals surface area contributed by atoms with E-state index < -0.39 is 10.0 Å². The van der Waals surface area contributed by atoms with Crippen molar-refractivity contribution in [3.8, 4) is 5.69 Å². The molecule has 142 valence electrons. The van der Waals surface area contributed by atoms with Gasteiger partial charge in [0.1, 0.15) is 6.33 Å². The first-order valence-corrected chi connectivity index (χ1v) is 10.3. The first-order chi connectivity index (χ1) is 12.9. The molecule has 0 aliphatic rings. The number of aryl methyl sites for hydroxylation is 1. The van der Waals surface area contributed by atoms with Crippen molar-refractivity contribution >= 4 is 10.0 Å². The second-order valence-electron chi connectivity index (χ2n) is 6.69. The summed E-state index contributed by atoms with van der Waals surface area (Å²) in [5, 5.41) is 11.0. The van der Waals surface area contributed by atoms with Crippen LogP contribution in [0.1, 0.15) is 37.9 Å². The van der Waals surface area contributed by atoms with Gasteiger partial charge in [0.2, 0.25) is 10.0 Å². The Bertz CT molecular complexity index is 983. The van der Waals surface area contributed by atoms with E-state index in [9.17, 15) is 8.42 Å². The average Bonchev–Trinajstić information content (AvgIpc) is 3.21. The summed E-state index contributed by atoms with van der Waals surface area (Å²) >= 11 is 0. The fourth-order valence-electron chi connectivity index (χ4n) is 2.86. The number of aromatic nitrogens is 4. The van der Waals surface area contributed by atoms with Gasteiger partial charge >= 0.3 is 0 Å². The highest BCUT2D eigenvalue weighted by Crippen LogP contribution is 2.25. The Morgan fingerprint density at radius 3 is 2.44 bits per heavy atom. The molecule has 0 unspecified atom stereocenters. The first-order valence-electron chi connectivity index (χ1n) is 8.85. The molecular weight excluding hydrogens is 362 g/mol. The van der Waals surface area contributed by atoms with Crippen molar-refractivity contribution in [1.82, 2.24) is 24.9 Å². The summed E-state index contributed by atoms with van der Waals surface area (Å²) in [6.07, 6.45) is 2.37. The highest BCUT2D eigenvalue weighted by molar-refractivity contribution is 7.89. The second kappa shape index (κ2) is 7.98. The highest BCUT2D eigenvalue weighted by Gasteiger charge is 2.24. The maximum Gasteiger partial charge on any atom is 0.241 e. The summed E-state index contributed by atoms with van der Waals surface area (Å²) < 4.78 is 30.3. The number of sulfonamides is 1. The number of hydrogen-bond donors (Lipinski definition) is 1. The zero-order valence-corrected chi connectivity index (χ0v) is 16.4. The standard InChI is InChI=1S/C19H23N5O2S/c1-4-15-8-10-16(11-9-15)19(14(2)3)21-27(25,26)18-7-5-6-17(12-18)24-13-20-22-23-24/h5-14,19,21H,4H2,1-3H3/t19-/m1/s1. The summed E-state index contributed by atoms with van der Waals surface area (Å²) in [6.45, 7) is 6.09. The number of nitrogens with zero attached hydrogens (tertiary/aromatic N) is 4. The van der Waals surface area contributed by atoms with Gasteiger partial charge < -0.3 is 0 Å². The molecule has 0 aliphatic heterocycles. The van der Waals surface area contributed by atoms with Gasteiger partial charge in [-0.15, -0.1) is 5.10 Å². The summed E-state index contributed by atoms with van der Waals surface area (Å²) in [5.74, 6) is 0.0925. The molecule has 1 heterocycles. The van der Waals surface area contributed by atoms with E-state index in [0.29, 0.717) is 5.69 Å². The normalized spacial score (nSPS) is 13.0. The summed E-state index contributed by atoms with van der Waals surface area (Å²) in [7, 11) is -3.71. The van der Waals surface area contributed by atoms with E-state index in [2.05, 4.69) is 27.2 Å². The molecule has 0 radical (unpaired) electrons. The number of rotatable bonds is 7. The van der Waals surface area contributed by atoms with Crippen molar-refractivity contribution < 1.29 is 8.42 Å². The van der Waals surface area contributed by atoms with Crippen LogP contribution in [0.2, 0.25) is 0 Å². The molecule has 7 nitrogen and oxygen atoms in total. The second-order valence-corrected chi connectivity index (χ2v) is 8.40. The highest BCUT2D eigenvalue weighted by atomic mass is 32.2. The zero-order valence-electron chi connectivity index (χ0n) is 15.6. The van der Waals surface area contributed by atoms with Crippen molar-refractivity contribution in [2.75, 3.05) is 0 Å². The Labute approximate surface area is 159 Å². The van der Waals surface area contributed by atoms with Gasteiger partial charge in [0.05, 0.1) is 10.6 Å². The Kier molecular flexibility index (Phi) is 5.67. The molecule has 1 aromatic heterocycles. The average molecular weight is 385 g/mol. The van der Waals surface area contributed by atoms with Crippen LogP contribution in [0.15, 0.2) is 59.8 Å². The molecule has 0 fully saturated rings. The molecule has 0 amide bonds. The third-order valence-electron chi connectivity index (χ3n) is 4.44. The van der Waals surface area contributed by atoms with Gasteiger partial charge in [-0.3, -0.25) is 0 Å². The molecular formula is C19H23N5O2S. The summed E-state index contributed by atoms with van der Waals surface area (Å²) in [5.41, 5.74) is 2.75. The lowest BCUT2D eigenvalue weighted by Crippen LogP contribution is -2.32. The molecule has 0 saturated carbocycles. The molecule has 0 spiro atoms. The third-order valence-corrected chi connectivity index (χ3v) is 5.88. The van der Waals surface area contributed by atoms with Gasteiger partial charge in [-0.25, -0.2) is 17.8 Å². The van der Waals surface area contributed by atoms with Crippen LogP contribution < -0.4 is 4.72 Å². The van der Waals surface area contributed by atoms with E-state index in [0.717, 1.165) is 12.0 Å². The Hall–Kier alpha value is -2.58. The molecule has 3 aromatic rings. The van der Waals surface area contributed by atoms with Crippen LogP contribution in [0.4, 0.5) is 0 Å². The maximum atomic E-state index is 13.0. The van der Waals surface area contributed by atoms with Crippen molar-refractivity contribution in [3.63, 3.8) is 0 Å². The summed E-state index contributed by atoms with van der Waals surface area (Å²) in [6, 6.07) is 14.3. The predicted molar refractivity (Wildman–Crippen MR) is 103 cm³/mol. The molecule has 27 heavy (non-hydrogen) atoms. The van der Waals surface area contributed by atoms with Gasteiger partial charge in [-0.1, -0.05) is 51.1 Å². The van der Waals surface area contributed by atoms with Crippen LogP contribution >= 0.6 is 0 Å². The van der Waals surface area contributed by atoms with Crippen LogP contribution in [0.3, 0.4) is 0 Å². The van der Waals surface area contributed by atoms with Crippen molar-refractivity contribution in [1.29, 1.82) is 0 Å². The van der Waals surface area contributed by atoms with Gasteiger partial charge in [-0.2, -0.15) is 0 Å².